The Morgan fingerprint density at radius 1 is 1.53 bits per heavy atom. The van der Waals surface area contributed by atoms with Crippen LogP contribution < -0.4 is 5.32 Å². The monoisotopic (exact) mass is 303 g/mol. The number of hydrogen-bond acceptors (Lipinski definition) is 2. The van der Waals surface area contributed by atoms with Gasteiger partial charge in [-0.3, -0.25) is 4.79 Å². The van der Waals surface area contributed by atoms with Crippen molar-refractivity contribution in [3.8, 4) is 0 Å². The fourth-order valence-electron chi connectivity index (χ4n) is 1.31. The van der Waals surface area contributed by atoms with Gasteiger partial charge in [0.15, 0.2) is 0 Å². The van der Waals surface area contributed by atoms with Crippen LogP contribution >= 0.6 is 15.9 Å². The number of carbonyl (C=O) groups excluding carboxylic acids is 1. The fourth-order valence-corrected chi connectivity index (χ4v) is 1.72. The number of nitrogens with one attached hydrogen (secondary N) is 1. The second kappa shape index (κ2) is 5.60. The van der Waals surface area contributed by atoms with Crippen LogP contribution in [0.2, 0.25) is 0 Å². The summed E-state index contributed by atoms with van der Waals surface area (Å²) in [5, 5.41) is 11.6. The number of rotatable bonds is 4. The summed E-state index contributed by atoms with van der Waals surface area (Å²) in [5.74, 6) is -0.730. The molecule has 1 amide bonds. The van der Waals surface area contributed by atoms with Crippen LogP contribution in [0.3, 0.4) is 0 Å². The number of halogens is 2. The summed E-state index contributed by atoms with van der Waals surface area (Å²) in [6, 6.07) is 4.46. The topological polar surface area (TPSA) is 49.3 Å². The smallest absolute Gasteiger partial charge is 0.225 e. The van der Waals surface area contributed by atoms with Crippen molar-refractivity contribution in [1.82, 2.24) is 5.32 Å². The maximum atomic E-state index is 13.4. The van der Waals surface area contributed by atoms with E-state index in [1.54, 1.807) is 26.0 Å². The molecule has 0 saturated carbocycles. The summed E-state index contributed by atoms with van der Waals surface area (Å²) < 4.78 is 14.1. The Morgan fingerprint density at radius 3 is 2.76 bits per heavy atom. The van der Waals surface area contributed by atoms with E-state index < -0.39 is 11.4 Å². The van der Waals surface area contributed by atoms with Gasteiger partial charge in [-0.25, -0.2) is 4.39 Å². The van der Waals surface area contributed by atoms with Crippen LogP contribution in [0.4, 0.5) is 4.39 Å². The molecule has 1 aromatic rings. The molecule has 94 valence electrons. The minimum absolute atomic E-state index is 0.0469. The highest BCUT2D eigenvalue weighted by atomic mass is 79.9. The predicted octanol–water partition coefficient (Wildman–Crippen LogP) is 2.02. The third-order valence-electron chi connectivity index (χ3n) is 2.23. The van der Waals surface area contributed by atoms with Crippen molar-refractivity contribution in [2.45, 2.75) is 25.8 Å². The van der Waals surface area contributed by atoms with E-state index in [2.05, 4.69) is 21.2 Å². The Hall–Kier alpha value is -0.940. The van der Waals surface area contributed by atoms with Crippen LogP contribution in [0.1, 0.15) is 19.4 Å². The molecule has 0 fully saturated rings. The second-order valence-corrected chi connectivity index (χ2v) is 5.42. The van der Waals surface area contributed by atoms with Gasteiger partial charge in [0.25, 0.3) is 0 Å². The van der Waals surface area contributed by atoms with E-state index in [1.807, 2.05) is 0 Å². The number of aliphatic hydroxyl groups excluding tert-OH is 1. The van der Waals surface area contributed by atoms with E-state index in [-0.39, 0.29) is 18.9 Å². The van der Waals surface area contributed by atoms with Crippen LogP contribution in [0.15, 0.2) is 22.7 Å². The fraction of sp³-hybridized carbons (Fsp3) is 0.417. The lowest BCUT2D eigenvalue weighted by molar-refractivity contribution is -0.122. The van der Waals surface area contributed by atoms with Gasteiger partial charge < -0.3 is 10.4 Å². The lowest BCUT2D eigenvalue weighted by atomic mass is 10.1. The molecule has 0 heterocycles. The Kier molecular flexibility index (Phi) is 4.65. The van der Waals surface area contributed by atoms with E-state index in [4.69, 9.17) is 5.11 Å². The lowest BCUT2D eigenvalue weighted by Crippen LogP contribution is -2.46. The summed E-state index contributed by atoms with van der Waals surface area (Å²) in [7, 11) is 0. The maximum absolute atomic E-state index is 13.4. The van der Waals surface area contributed by atoms with Gasteiger partial charge >= 0.3 is 0 Å². The standard InChI is InChI=1S/C12H15BrFNO2/c1-12(2,7-16)15-11(17)6-8-5-9(13)3-4-10(8)14/h3-5,16H,6-7H2,1-2H3,(H,15,17). The molecule has 1 aromatic carbocycles. The minimum Gasteiger partial charge on any atom is -0.394 e. The number of hydrogen-bond donors (Lipinski definition) is 2. The lowest BCUT2D eigenvalue weighted by Gasteiger charge is -2.23. The Balaban J connectivity index is 2.71. The quantitative estimate of drug-likeness (QED) is 0.894. The first-order valence-electron chi connectivity index (χ1n) is 5.20. The third kappa shape index (κ3) is 4.44. The summed E-state index contributed by atoms with van der Waals surface area (Å²) in [4.78, 5) is 11.6. The van der Waals surface area contributed by atoms with Gasteiger partial charge in [0.2, 0.25) is 5.91 Å². The van der Waals surface area contributed by atoms with E-state index in [0.717, 1.165) is 4.47 Å². The molecule has 0 unspecified atom stereocenters. The van der Waals surface area contributed by atoms with Crippen molar-refractivity contribution in [2.24, 2.45) is 0 Å². The summed E-state index contributed by atoms with van der Waals surface area (Å²) >= 11 is 3.22. The van der Waals surface area contributed by atoms with Crippen LogP contribution in [-0.4, -0.2) is 23.2 Å². The summed E-state index contributed by atoms with van der Waals surface area (Å²) in [6.45, 7) is 3.23. The number of carbonyl (C=O) groups is 1. The molecule has 0 saturated heterocycles. The van der Waals surface area contributed by atoms with Crippen LogP contribution in [-0.2, 0) is 11.2 Å². The molecular weight excluding hydrogens is 289 g/mol. The molecule has 0 aliphatic rings. The molecule has 0 aromatic heterocycles. The van der Waals surface area contributed by atoms with Crippen molar-refractivity contribution in [2.75, 3.05) is 6.61 Å². The molecule has 3 nitrogen and oxygen atoms in total. The van der Waals surface area contributed by atoms with E-state index in [9.17, 15) is 9.18 Å². The van der Waals surface area contributed by atoms with Gasteiger partial charge in [-0.05, 0) is 37.6 Å². The molecule has 5 heteroatoms. The second-order valence-electron chi connectivity index (χ2n) is 4.50. The van der Waals surface area contributed by atoms with Crippen molar-refractivity contribution >= 4 is 21.8 Å². The van der Waals surface area contributed by atoms with Gasteiger partial charge in [0, 0.05) is 4.47 Å². The van der Waals surface area contributed by atoms with E-state index in [0.29, 0.717) is 5.56 Å². The Bertz CT molecular complexity index is 421. The van der Waals surface area contributed by atoms with Crippen LogP contribution in [0, 0.1) is 5.82 Å². The summed E-state index contributed by atoms with van der Waals surface area (Å²) in [6.07, 6.45) is -0.0469. The highest BCUT2D eigenvalue weighted by Crippen LogP contribution is 2.16. The zero-order chi connectivity index (χ0) is 13.1. The zero-order valence-electron chi connectivity index (χ0n) is 9.76. The zero-order valence-corrected chi connectivity index (χ0v) is 11.3. The molecule has 17 heavy (non-hydrogen) atoms. The van der Waals surface area contributed by atoms with Crippen molar-refractivity contribution in [3.63, 3.8) is 0 Å². The third-order valence-corrected chi connectivity index (χ3v) is 2.73. The molecule has 1 rings (SSSR count). The molecule has 0 spiro atoms. The van der Waals surface area contributed by atoms with Gasteiger partial charge in [0.1, 0.15) is 5.82 Å². The molecule has 0 aliphatic heterocycles. The molecular formula is C12H15BrFNO2. The first-order chi connectivity index (χ1) is 7.84. The average molecular weight is 304 g/mol. The van der Waals surface area contributed by atoms with Gasteiger partial charge in [-0.2, -0.15) is 0 Å². The highest BCUT2D eigenvalue weighted by molar-refractivity contribution is 9.10. The Labute approximate surface area is 108 Å². The highest BCUT2D eigenvalue weighted by Gasteiger charge is 2.19. The molecule has 0 bridgehead atoms. The van der Waals surface area contributed by atoms with Crippen molar-refractivity contribution in [1.29, 1.82) is 0 Å². The largest absolute Gasteiger partial charge is 0.394 e. The Morgan fingerprint density at radius 2 is 2.18 bits per heavy atom. The van der Waals surface area contributed by atoms with Crippen LogP contribution in [0.5, 0.6) is 0 Å². The van der Waals surface area contributed by atoms with Gasteiger partial charge in [-0.1, -0.05) is 15.9 Å². The van der Waals surface area contributed by atoms with Gasteiger partial charge in [0.05, 0.1) is 18.6 Å². The van der Waals surface area contributed by atoms with E-state index >= 15 is 0 Å². The number of benzene rings is 1. The first kappa shape index (κ1) is 14.1. The minimum atomic E-state index is -0.695. The normalized spacial score (nSPS) is 11.4. The van der Waals surface area contributed by atoms with Crippen molar-refractivity contribution in [3.05, 3.63) is 34.1 Å². The summed E-state index contributed by atoms with van der Waals surface area (Å²) in [5.41, 5.74) is -0.370. The molecule has 0 aliphatic carbocycles. The first-order valence-corrected chi connectivity index (χ1v) is 5.99. The van der Waals surface area contributed by atoms with Gasteiger partial charge in [-0.15, -0.1) is 0 Å². The van der Waals surface area contributed by atoms with Crippen LogP contribution in [0.25, 0.3) is 0 Å². The molecule has 2 N–H and O–H groups in total. The van der Waals surface area contributed by atoms with Crippen molar-refractivity contribution < 1.29 is 14.3 Å². The maximum Gasteiger partial charge on any atom is 0.225 e. The SMILES string of the molecule is CC(C)(CO)NC(=O)Cc1cc(Br)ccc1F. The predicted molar refractivity (Wildman–Crippen MR) is 67.1 cm³/mol. The average Bonchev–Trinajstić information content (AvgIpc) is 2.23. The molecule has 0 atom stereocenters. The number of amides is 1. The molecule has 0 radical (unpaired) electrons. The van der Waals surface area contributed by atoms with E-state index in [1.165, 1.54) is 6.07 Å². The number of aliphatic hydroxyl groups is 1.